The molecular weight excluding hydrogens is 395 g/mol. The largest absolute Gasteiger partial charge is 0.355 e. The molecule has 0 aromatic heterocycles. The van der Waals surface area contributed by atoms with Crippen LogP contribution in [-0.4, -0.2) is 31.7 Å². The number of aryl methyl sites for hydroxylation is 1. The first-order valence-electron chi connectivity index (χ1n) is 8.02. The molecular formula is C18H20Cl2N2O3S. The van der Waals surface area contributed by atoms with Gasteiger partial charge >= 0.3 is 0 Å². The summed E-state index contributed by atoms with van der Waals surface area (Å²) >= 11 is 12.4. The third-order valence-electron chi connectivity index (χ3n) is 3.75. The molecule has 0 radical (unpaired) electrons. The fourth-order valence-electron chi connectivity index (χ4n) is 2.36. The van der Waals surface area contributed by atoms with E-state index in [1.54, 1.807) is 37.3 Å². The van der Waals surface area contributed by atoms with Crippen molar-refractivity contribution < 1.29 is 13.2 Å². The molecule has 0 unspecified atom stereocenters. The molecule has 0 saturated carbocycles. The van der Waals surface area contributed by atoms with Crippen molar-refractivity contribution in [1.29, 1.82) is 0 Å². The molecule has 0 saturated heterocycles. The molecule has 2 aromatic carbocycles. The molecule has 0 bridgehead atoms. The Hall–Kier alpha value is -1.60. The van der Waals surface area contributed by atoms with Crippen molar-refractivity contribution in [2.45, 2.75) is 25.3 Å². The van der Waals surface area contributed by atoms with Crippen molar-refractivity contribution in [3.63, 3.8) is 0 Å². The zero-order chi connectivity index (χ0) is 19.3. The lowest BCUT2D eigenvalue weighted by Crippen LogP contribution is -2.40. The van der Waals surface area contributed by atoms with E-state index in [1.807, 2.05) is 6.92 Å². The van der Waals surface area contributed by atoms with Gasteiger partial charge in [0.25, 0.3) is 0 Å². The van der Waals surface area contributed by atoms with E-state index in [-0.39, 0.29) is 18.0 Å². The van der Waals surface area contributed by atoms with Gasteiger partial charge in [-0.1, -0.05) is 47.0 Å². The highest BCUT2D eigenvalue weighted by atomic mass is 35.5. The summed E-state index contributed by atoms with van der Waals surface area (Å²) in [6.07, 6.45) is 0. The normalized spacial score (nSPS) is 11.6. The lowest BCUT2D eigenvalue weighted by atomic mass is 10.2. The van der Waals surface area contributed by atoms with Crippen molar-refractivity contribution in [1.82, 2.24) is 9.62 Å². The summed E-state index contributed by atoms with van der Waals surface area (Å²) in [7, 11) is -3.91. The number of amides is 1. The van der Waals surface area contributed by atoms with Gasteiger partial charge in [-0.3, -0.25) is 4.79 Å². The Morgan fingerprint density at radius 2 is 1.65 bits per heavy atom. The summed E-state index contributed by atoms with van der Waals surface area (Å²) in [5.74, 6) is -0.397. The summed E-state index contributed by atoms with van der Waals surface area (Å²) in [5.41, 5.74) is 1.39. The van der Waals surface area contributed by atoms with E-state index in [0.29, 0.717) is 22.2 Å². The molecule has 0 spiro atoms. The summed E-state index contributed by atoms with van der Waals surface area (Å²) in [6.45, 7) is 3.61. The van der Waals surface area contributed by atoms with Crippen LogP contribution in [0.5, 0.6) is 0 Å². The van der Waals surface area contributed by atoms with E-state index in [1.165, 1.54) is 12.1 Å². The van der Waals surface area contributed by atoms with Crippen molar-refractivity contribution in [3.8, 4) is 0 Å². The number of sulfonamides is 1. The molecule has 140 valence electrons. The van der Waals surface area contributed by atoms with Gasteiger partial charge in [-0.25, -0.2) is 8.42 Å². The summed E-state index contributed by atoms with van der Waals surface area (Å²) in [4.78, 5) is 12.2. The van der Waals surface area contributed by atoms with Gasteiger partial charge in [-0.15, -0.1) is 0 Å². The molecule has 0 aliphatic heterocycles. The smallest absolute Gasteiger partial charge is 0.243 e. The molecule has 0 aliphatic carbocycles. The predicted octanol–water partition coefficient (Wildman–Crippen LogP) is 3.63. The zero-order valence-electron chi connectivity index (χ0n) is 14.5. The Kier molecular flexibility index (Phi) is 7.06. The van der Waals surface area contributed by atoms with Gasteiger partial charge in [-0.05, 0) is 38.1 Å². The molecule has 8 heteroatoms. The van der Waals surface area contributed by atoms with Gasteiger partial charge in [0, 0.05) is 28.7 Å². The number of rotatable bonds is 7. The number of hydrogen-bond acceptors (Lipinski definition) is 3. The maximum Gasteiger partial charge on any atom is 0.243 e. The van der Waals surface area contributed by atoms with E-state index < -0.39 is 15.9 Å². The van der Waals surface area contributed by atoms with Crippen LogP contribution < -0.4 is 5.32 Å². The van der Waals surface area contributed by atoms with Crippen LogP contribution in [0.1, 0.15) is 18.1 Å². The second-order valence-corrected chi connectivity index (χ2v) is 8.49. The van der Waals surface area contributed by atoms with Gasteiger partial charge in [0.1, 0.15) is 0 Å². The molecule has 1 N–H and O–H groups in total. The molecule has 0 aliphatic rings. The van der Waals surface area contributed by atoms with Crippen LogP contribution in [-0.2, 0) is 21.4 Å². The highest BCUT2D eigenvalue weighted by molar-refractivity contribution is 7.89. The van der Waals surface area contributed by atoms with E-state index in [0.717, 1.165) is 9.87 Å². The first-order chi connectivity index (χ1) is 12.3. The lowest BCUT2D eigenvalue weighted by molar-refractivity contribution is -0.121. The SMILES string of the molecule is CCNC(=O)CN(Cc1c(Cl)cccc1Cl)S(=O)(=O)c1ccc(C)cc1. The van der Waals surface area contributed by atoms with Gasteiger partial charge in [0.05, 0.1) is 11.4 Å². The van der Waals surface area contributed by atoms with Gasteiger partial charge in [-0.2, -0.15) is 4.31 Å². The third kappa shape index (κ3) is 4.98. The van der Waals surface area contributed by atoms with Crippen LogP contribution in [0.2, 0.25) is 10.0 Å². The van der Waals surface area contributed by atoms with Crippen LogP contribution >= 0.6 is 23.2 Å². The van der Waals surface area contributed by atoms with Crippen LogP contribution in [0, 0.1) is 6.92 Å². The molecule has 2 aromatic rings. The molecule has 26 heavy (non-hydrogen) atoms. The number of carbonyl (C=O) groups is 1. The molecule has 5 nitrogen and oxygen atoms in total. The Balaban J connectivity index is 2.43. The summed E-state index contributed by atoms with van der Waals surface area (Å²) in [5, 5.41) is 3.30. The average Bonchev–Trinajstić information content (AvgIpc) is 2.57. The monoisotopic (exact) mass is 414 g/mol. The second-order valence-electron chi connectivity index (χ2n) is 5.74. The Morgan fingerprint density at radius 1 is 1.08 bits per heavy atom. The van der Waals surface area contributed by atoms with Crippen molar-refractivity contribution in [2.24, 2.45) is 0 Å². The van der Waals surface area contributed by atoms with Gasteiger partial charge in [0.2, 0.25) is 15.9 Å². The number of nitrogens with zero attached hydrogens (tertiary/aromatic N) is 1. The molecule has 0 heterocycles. The number of halogens is 2. The number of hydrogen-bond donors (Lipinski definition) is 1. The van der Waals surface area contributed by atoms with E-state index in [2.05, 4.69) is 5.32 Å². The summed E-state index contributed by atoms with van der Waals surface area (Å²) < 4.78 is 27.2. The van der Waals surface area contributed by atoms with Crippen LogP contribution in [0.15, 0.2) is 47.4 Å². The Morgan fingerprint density at radius 3 is 2.19 bits per heavy atom. The van der Waals surface area contributed by atoms with Crippen molar-refractivity contribution in [2.75, 3.05) is 13.1 Å². The summed E-state index contributed by atoms with van der Waals surface area (Å²) in [6, 6.07) is 11.4. The number of nitrogens with one attached hydrogen (secondary N) is 1. The topological polar surface area (TPSA) is 66.5 Å². The van der Waals surface area contributed by atoms with Crippen LogP contribution in [0.4, 0.5) is 0 Å². The van der Waals surface area contributed by atoms with E-state index in [9.17, 15) is 13.2 Å². The predicted molar refractivity (Wildman–Crippen MR) is 104 cm³/mol. The first-order valence-corrected chi connectivity index (χ1v) is 10.2. The zero-order valence-corrected chi connectivity index (χ0v) is 16.8. The Labute approximate surface area is 164 Å². The van der Waals surface area contributed by atoms with Gasteiger partial charge < -0.3 is 5.32 Å². The number of likely N-dealkylation sites (N-methyl/N-ethyl adjacent to an activating group) is 1. The highest BCUT2D eigenvalue weighted by Gasteiger charge is 2.28. The minimum atomic E-state index is -3.91. The van der Waals surface area contributed by atoms with Crippen molar-refractivity contribution >= 4 is 39.1 Å². The fourth-order valence-corrected chi connectivity index (χ4v) is 4.24. The molecule has 2 rings (SSSR count). The number of benzene rings is 2. The second kappa shape index (κ2) is 8.86. The minimum Gasteiger partial charge on any atom is -0.355 e. The van der Waals surface area contributed by atoms with Crippen LogP contribution in [0.25, 0.3) is 0 Å². The average molecular weight is 415 g/mol. The minimum absolute atomic E-state index is 0.105. The maximum absolute atomic E-state index is 13.1. The first kappa shape index (κ1) is 20.7. The molecule has 1 amide bonds. The quantitative estimate of drug-likeness (QED) is 0.751. The van der Waals surface area contributed by atoms with Crippen LogP contribution in [0.3, 0.4) is 0 Å². The third-order valence-corrected chi connectivity index (χ3v) is 6.26. The number of carbonyl (C=O) groups excluding carboxylic acids is 1. The Bertz CT molecular complexity index is 864. The highest BCUT2D eigenvalue weighted by Crippen LogP contribution is 2.28. The van der Waals surface area contributed by atoms with E-state index in [4.69, 9.17) is 23.2 Å². The maximum atomic E-state index is 13.1. The fraction of sp³-hybridized carbons (Fsp3) is 0.278. The van der Waals surface area contributed by atoms with Crippen molar-refractivity contribution in [3.05, 3.63) is 63.6 Å². The standard InChI is InChI=1S/C18H20Cl2N2O3S/c1-3-21-18(23)12-22(11-15-16(19)5-4-6-17(15)20)26(24,25)14-9-7-13(2)8-10-14/h4-10H,3,11-12H2,1-2H3,(H,21,23). The molecule has 0 atom stereocenters. The van der Waals surface area contributed by atoms with E-state index >= 15 is 0 Å². The van der Waals surface area contributed by atoms with Gasteiger partial charge in [0.15, 0.2) is 0 Å². The lowest BCUT2D eigenvalue weighted by Gasteiger charge is -2.23. The molecule has 0 fully saturated rings.